The van der Waals surface area contributed by atoms with Gasteiger partial charge in [0.05, 0.1) is 13.2 Å². The Morgan fingerprint density at radius 2 is 2.00 bits per heavy atom. The van der Waals surface area contributed by atoms with E-state index < -0.39 is 17.8 Å². The number of halogens is 1. The molecule has 0 heterocycles. The first kappa shape index (κ1) is 17.9. The van der Waals surface area contributed by atoms with Crippen molar-refractivity contribution >= 4 is 12.0 Å². The second-order valence-corrected chi connectivity index (χ2v) is 4.42. The van der Waals surface area contributed by atoms with Gasteiger partial charge in [0.1, 0.15) is 6.61 Å². The number of hydrogen-bond donors (Lipinski definition) is 1. The maximum Gasteiger partial charge on any atom is 0.413 e. The lowest BCUT2D eigenvalue weighted by Gasteiger charge is -2.19. The highest BCUT2D eigenvalue weighted by Gasteiger charge is 2.13. The Morgan fingerprint density at radius 3 is 2.64 bits per heavy atom. The number of ether oxygens (including phenoxy) is 2. The molecule has 0 unspecified atom stereocenters. The number of likely N-dealkylation sites (N-methyl/N-ethyl adjacent to an activating group) is 1. The molecule has 1 aromatic rings. The van der Waals surface area contributed by atoms with Crippen molar-refractivity contribution in [1.82, 2.24) is 10.2 Å². The third kappa shape index (κ3) is 6.53. The van der Waals surface area contributed by atoms with Crippen LogP contribution in [0.3, 0.4) is 0 Å². The number of para-hydroxylation sites is 1. The number of alkyl carbamates (subject to hydrolysis) is 1. The van der Waals surface area contributed by atoms with Crippen molar-refractivity contribution in [2.45, 2.75) is 13.8 Å². The zero-order valence-corrected chi connectivity index (χ0v) is 12.8. The fourth-order valence-corrected chi connectivity index (χ4v) is 1.72. The second-order valence-electron chi connectivity index (χ2n) is 4.42. The monoisotopic (exact) mass is 312 g/mol. The predicted molar refractivity (Wildman–Crippen MR) is 79.2 cm³/mol. The zero-order chi connectivity index (χ0) is 16.4. The summed E-state index contributed by atoms with van der Waals surface area (Å²) >= 11 is 0. The van der Waals surface area contributed by atoms with Gasteiger partial charge in [-0.25, -0.2) is 9.18 Å². The topological polar surface area (TPSA) is 67.9 Å². The summed E-state index contributed by atoms with van der Waals surface area (Å²) in [5, 5.41) is 2.12. The molecule has 0 spiro atoms. The van der Waals surface area contributed by atoms with E-state index in [-0.39, 0.29) is 25.5 Å². The molecule has 0 aliphatic carbocycles. The predicted octanol–water partition coefficient (Wildman–Crippen LogP) is 1.80. The SMILES string of the molecule is CCOC(=O)NC(=O)CN(CC)CCOc1ccccc1F. The molecule has 0 aromatic heterocycles. The van der Waals surface area contributed by atoms with Gasteiger partial charge in [0.2, 0.25) is 5.91 Å². The quantitative estimate of drug-likeness (QED) is 0.793. The van der Waals surface area contributed by atoms with Gasteiger partial charge in [0.25, 0.3) is 0 Å². The molecule has 22 heavy (non-hydrogen) atoms. The fraction of sp³-hybridized carbons (Fsp3) is 0.467. The molecule has 1 aromatic carbocycles. The largest absolute Gasteiger partial charge is 0.489 e. The Balaban J connectivity index is 2.34. The summed E-state index contributed by atoms with van der Waals surface area (Å²) < 4.78 is 23.3. The molecule has 0 saturated heterocycles. The van der Waals surface area contributed by atoms with Gasteiger partial charge >= 0.3 is 6.09 Å². The number of rotatable bonds is 8. The number of nitrogens with zero attached hydrogens (tertiary/aromatic N) is 1. The Kier molecular flexibility index (Phi) is 7.91. The summed E-state index contributed by atoms with van der Waals surface area (Å²) in [7, 11) is 0. The molecule has 6 nitrogen and oxygen atoms in total. The van der Waals surface area contributed by atoms with E-state index in [4.69, 9.17) is 4.74 Å². The van der Waals surface area contributed by atoms with E-state index in [9.17, 15) is 14.0 Å². The summed E-state index contributed by atoms with van der Waals surface area (Å²) in [6, 6.07) is 6.13. The number of hydrogen-bond acceptors (Lipinski definition) is 5. The lowest BCUT2D eigenvalue weighted by Crippen LogP contribution is -2.41. The number of imide groups is 1. The van der Waals surface area contributed by atoms with E-state index in [1.165, 1.54) is 6.07 Å². The van der Waals surface area contributed by atoms with E-state index >= 15 is 0 Å². The Bertz CT molecular complexity index is 496. The Labute approximate surface area is 129 Å². The van der Waals surface area contributed by atoms with Crippen LogP contribution in [-0.4, -0.2) is 49.7 Å². The van der Waals surface area contributed by atoms with Crippen LogP contribution in [0.25, 0.3) is 0 Å². The first-order chi connectivity index (χ1) is 10.6. The maximum atomic E-state index is 13.4. The van der Waals surface area contributed by atoms with E-state index in [2.05, 4.69) is 10.1 Å². The van der Waals surface area contributed by atoms with Crippen LogP contribution in [0.1, 0.15) is 13.8 Å². The molecule has 0 saturated carbocycles. The fourth-order valence-electron chi connectivity index (χ4n) is 1.72. The molecule has 0 aliphatic rings. The number of amides is 2. The summed E-state index contributed by atoms with van der Waals surface area (Å²) in [6.07, 6.45) is -0.758. The summed E-state index contributed by atoms with van der Waals surface area (Å²) in [6.45, 7) is 5.03. The van der Waals surface area contributed by atoms with E-state index in [1.807, 2.05) is 6.92 Å². The number of nitrogens with one attached hydrogen (secondary N) is 1. The first-order valence-corrected chi connectivity index (χ1v) is 7.13. The average molecular weight is 312 g/mol. The molecule has 0 aliphatic heterocycles. The lowest BCUT2D eigenvalue weighted by molar-refractivity contribution is -0.121. The van der Waals surface area contributed by atoms with Crippen LogP contribution < -0.4 is 10.1 Å². The van der Waals surface area contributed by atoms with E-state index in [0.29, 0.717) is 13.1 Å². The van der Waals surface area contributed by atoms with Gasteiger partial charge in [-0.15, -0.1) is 0 Å². The van der Waals surface area contributed by atoms with Gasteiger partial charge in [0, 0.05) is 6.54 Å². The van der Waals surface area contributed by atoms with Gasteiger partial charge < -0.3 is 9.47 Å². The minimum atomic E-state index is -0.758. The highest BCUT2D eigenvalue weighted by molar-refractivity contribution is 5.92. The van der Waals surface area contributed by atoms with Crippen LogP contribution in [0, 0.1) is 5.82 Å². The summed E-state index contributed by atoms with van der Waals surface area (Å²) in [4.78, 5) is 24.5. The molecule has 122 valence electrons. The Morgan fingerprint density at radius 1 is 1.27 bits per heavy atom. The standard InChI is InChI=1S/C15H21FN2O4/c1-3-18(11-14(19)17-15(20)21-4-2)9-10-22-13-8-6-5-7-12(13)16/h5-8H,3-4,9-11H2,1-2H3,(H,17,19,20). The summed E-state index contributed by atoms with van der Waals surface area (Å²) in [5.41, 5.74) is 0. The van der Waals surface area contributed by atoms with E-state index in [1.54, 1.807) is 30.0 Å². The minimum Gasteiger partial charge on any atom is -0.489 e. The molecule has 2 amide bonds. The average Bonchev–Trinajstić information content (AvgIpc) is 2.48. The molecular formula is C15H21FN2O4. The molecule has 0 radical (unpaired) electrons. The van der Waals surface area contributed by atoms with Gasteiger partial charge in [-0.05, 0) is 25.6 Å². The summed E-state index contributed by atoms with van der Waals surface area (Å²) in [5.74, 6) is -0.702. The van der Waals surface area contributed by atoms with Crippen molar-refractivity contribution in [2.75, 3.05) is 32.8 Å². The van der Waals surface area contributed by atoms with Crippen LogP contribution in [0.4, 0.5) is 9.18 Å². The Hall–Kier alpha value is -2.15. The van der Waals surface area contributed by atoms with Crippen molar-refractivity contribution in [1.29, 1.82) is 0 Å². The third-order valence-corrected chi connectivity index (χ3v) is 2.83. The van der Waals surface area contributed by atoms with Crippen LogP contribution in [0.2, 0.25) is 0 Å². The maximum absolute atomic E-state index is 13.4. The molecular weight excluding hydrogens is 291 g/mol. The van der Waals surface area contributed by atoms with Crippen LogP contribution in [0.15, 0.2) is 24.3 Å². The first-order valence-electron chi connectivity index (χ1n) is 7.13. The molecule has 0 fully saturated rings. The number of carbonyl (C=O) groups is 2. The molecule has 7 heteroatoms. The van der Waals surface area contributed by atoms with Gasteiger partial charge in [-0.1, -0.05) is 19.1 Å². The van der Waals surface area contributed by atoms with Gasteiger partial charge in [-0.3, -0.25) is 15.0 Å². The minimum absolute atomic E-state index is 0.0376. The van der Waals surface area contributed by atoms with Crippen molar-refractivity contribution in [2.24, 2.45) is 0 Å². The third-order valence-electron chi connectivity index (χ3n) is 2.83. The smallest absolute Gasteiger partial charge is 0.413 e. The van der Waals surface area contributed by atoms with Crippen molar-refractivity contribution in [3.8, 4) is 5.75 Å². The molecule has 0 atom stereocenters. The second kappa shape index (κ2) is 9.73. The molecule has 1 rings (SSSR count). The van der Waals surface area contributed by atoms with Crippen molar-refractivity contribution < 1.29 is 23.5 Å². The van der Waals surface area contributed by atoms with Crippen molar-refractivity contribution in [3.63, 3.8) is 0 Å². The van der Waals surface area contributed by atoms with Gasteiger partial charge in [0.15, 0.2) is 11.6 Å². The zero-order valence-electron chi connectivity index (χ0n) is 12.8. The van der Waals surface area contributed by atoms with E-state index in [0.717, 1.165) is 0 Å². The molecule has 1 N–H and O–H groups in total. The number of carbonyl (C=O) groups excluding carboxylic acids is 2. The number of benzene rings is 1. The van der Waals surface area contributed by atoms with Crippen molar-refractivity contribution in [3.05, 3.63) is 30.1 Å². The highest BCUT2D eigenvalue weighted by Crippen LogP contribution is 2.14. The van der Waals surface area contributed by atoms with Crippen LogP contribution in [-0.2, 0) is 9.53 Å². The van der Waals surface area contributed by atoms with Crippen LogP contribution in [0.5, 0.6) is 5.75 Å². The highest BCUT2D eigenvalue weighted by atomic mass is 19.1. The van der Waals surface area contributed by atoms with Gasteiger partial charge in [-0.2, -0.15) is 0 Å². The normalized spacial score (nSPS) is 10.4. The van der Waals surface area contributed by atoms with Crippen LogP contribution >= 0.6 is 0 Å². The lowest BCUT2D eigenvalue weighted by atomic mass is 10.3. The molecule has 0 bridgehead atoms.